The molecule has 1 saturated carbocycles. The number of nitrogens with zero attached hydrogens (tertiary/aromatic N) is 2. The molecule has 162 valence electrons. The van der Waals surface area contributed by atoms with Crippen LogP contribution in [0.25, 0.3) is 0 Å². The number of fused-ring (bicyclic) bond motifs is 2. The minimum atomic E-state index is -0.655. The highest BCUT2D eigenvalue weighted by Crippen LogP contribution is 2.50. The average Bonchev–Trinajstić information content (AvgIpc) is 2.69. The molecule has 3 rings (SSSR count). The summed E-state index contributed by atoms with van der Waals surface area (Å²) < 4.78 is 11.8. The number of carbonyl (C=O) groups is 1. The van der Waals surface area contributed by atoms with Gasteiger partial charge in [-0.1, -0.05) is 0 Å². The Kier molecular flexibility index (Phi) is 7.06. The lowest BCUT2D eigenvalue weighted by molar-refractivity contribution is -0.144. The molecule has 0 amide bonds. The van der Waals surface area contributed by atoms with Crippen LogP contribution in [0.5, 0.6) is 11.5 Å². The van der Waals surface area contributed by atoms with E-state index >= 15 is 0 Å². The molecule has 0 atom stereocenters. The minimum Gasteiger partial charge on any atom is -0.490 e. The number of rotatable bonds is 8. The van der Waals surface area contributed by atoms with Gasteiger partial charge in [0.25, 0.3) is 0 Å². The summed E-state index contributed by atoms with van der Waals surface area (Å²) in [5, 5.41) is 9.52. The third kappa shape index (κ3) is 4.53. The highest BCUT2D eigenvalue weighted by atomic mass is 16.5. The maximum atomic E-state index is 11.6. The summed E-state index contributed by atoms with van der Waals surface area (Å²) in [5.41, 5.74) is 2.54. The maximum absolute atomic E-state index is 11.6. The van der Waals surface area contributed by atoms with Crippen molar-refractivity contribution in [3.05, 3.63) is 23.3 Å². The molecule has 1 fully saturated rings. The van der Waals surface area contributed by atoms with Crippen LogP contribution in [0.4, 0.5) is 0 Å². The lowest BCUT2D eigenvalue weighted by Crippen LogP contribution is -2.54. The van der Waals surface area contributed by atoms with Gasteiger partial charge in [0, 0.05) is 25.2 Å². The van der Waals surface area contributed by atoms with E-state index in [-0.39, 0.29) is 11.5 Å². The molecule has 1 aliphatic heterocycles. The van der Waals surface area contributed by atoms with Gasteiger partial charge in [-0.3, -0.25) is 9.69 Å². The number of ether oxygens (including phenoxy) is 2. The summed E-state index contributed by atoms with van der Waals surface area (Å²) in [5.74, 6) is 0.750. The molecule has 1 heterocycles. The second-order valence-electron chi connectivity index (χ2n) is 8.51. The molecule has 0 saturated heterocycles. The van der Waals surface area contributed by atoms with Gasteiger partial charge in [0.05, 0.1) is 19.1 Å². The fourth-order valence-corrected chi connectivity index (χ4v) is 4.99. The standard InChI is InChI=1S/C23H36N2O4/c1-5-28-20-15-18-9-12-25(14-13-24(3)4)23(19(18)16-21(20)29-6-2)10-7-17(8-11-23)22(26)27/h15-17H,5-14H2,1-4H3,(H,26,27)/t17-,23-. The van der Waals surface area contributed by atoms with Gasteiger partial charge >= 0.3 is 5.97 Å². The molecule has 1 aromatic rings. The summed E-state index contributed by atoms with van der Waals surface area (Å²) in [7, 11) is 4.21. The van der Waals surface area contributed by atoms with Crippen LogP contribution in [0.1, 0.15) is 50.7 Å². The first kappa shape index (κ1) is 21.9. The van der Waals surface area contributed by atoms with E-state index in [1.54, 1.807) is 0 Å². The Morgan fingerprint density at radius 1 is 1.17 bits per heavy atom. The molecule has 1 aliphatic carbocycles. The van der Waals surface area contributed by atoms with Gasteiger partial charge < -0.3 is 19.5 Å². The van der Waals surface area contributed by atoms with Crippen LogP contribution in [0.15, 0.2) is 12.1 Å². The second-order valence-corrected chi connectivity index (χ2v) is 8.51. The monoisotopic (exact) mass is 404 g/mol. The molecule has 1 N–H and O–H groups in total. The number of carboxylic acid groups (broad SMARTS) is 1. The van der Waals surface area contributed by atoms with E-state index in [0.29, 0.717) is 13.2 Å². The van der Waals surface area contributed by atoms with Crippen LogP contribution in [0, 0.1) is 5.92 Å². The molecule has 29 heavy (non-hydrogen) atoms. The Morgan fingerprint density at radius 3 is 2.34 bits per heavy atom. The molecule has 0 bridgehead atoms. The van der Waals surface area contributed by atoms with Crippen molar-refractivity contribution in [2.75, 3.05) is 46.9 Å². The lowest BCUT2D eigenvalue weighted by atomic mass is 9.68. The smallest absolute Gasteiger partial charge is 0.306 e. The van der Waals surface area contributed by atoms with Gasteiger partial charge in [0.2, 0.25) is 0 Å². The Balaban J connectivity index is 2.01. The van der Waals surface area contributed by atoms with E-state index in [1.807, 2.05) is 13.8 Å². The van der Waals surface area contributed by atoms with Crippen molar-refractivity contribution in [1.29, 1.82) is 0 Å². The zero-order valence-electron chi connectivity index (χ0n) is 18.4. The number of aliphatic carboxylic acids is 1. The number of carboxylic acids is 1. The molecule has 0 unspecified atom stereocenters. The van der Waals surface area contributed by atoms with Gasteiger partial charge in [-0.15, -0.1) is 0 Å². The predicted molar refractivity (Wildman–Crippen MR) is 114 cm³/mol. The van der Waals surface area contributed by atoms with Gasteiger partial charge in [0.15, 0.2) is 11.5 Å². The molecule has 2 aliphatic rings. The molecule has 1 aromatic carbocycles. The summed E-state index contributed by atoms with van der Waals surface area (Å²) in [6, 6.07) is 4.35. The van der Waals surface area contributed by atoms with Gasteiger partial charge in [-0.25, -0.2) is 0 Å². The van der Waals surface area contributed by atoms with Crippen LogP contribution in [-0.2, 0) is 16.8 Å². The van der Waals surface area contributed by atoms with Crippen molar-refractivity contribution in [1.82, 2.24) is 9.80 Å². The Bertz CT molecular complexity index is 711. The van der Waals surface area contributed by atoms with Gasteiger partial charge in [-0.05, 0) is 83.3 Å². The molecular weight excluding hydrogens is 368 g/mol. The second kappa shape index (κ2) is 9.35. The van der Waals surface area contributed by atoms with E-state index in [0.717, 1.165) is 63.2 Å². The number of likely N-dealkylation sites (N-methyl/N-ethyl adjacent to an activating group) is 1. The summed E-state index contributed by atoms with van der Waals surface area (Å²) in [6.07, 6.45) is 4.20. The van der Waals surface area contributed by atoms with Crippen LogP contribution in [-0.4, -0.2) is 67.8 Å². The van der Waals surface area contributed by atoms with E-state index in [9.17, 15) is 9.90 Å². The first-order valence-electron chi connectivity index (χ1n) is 11.0. The average molecular weight is 405 g/mol. The highest BCUT2D eigenvalue weighted by molar-refractivity contribution is 5.70. The largest absolute Gasteiger partial charge is 0.490 e. The summed E-state index contributed by atoms with van der Waals surface area (Å²) in [4.78, 5) is 16.4. The third-order valence-corrected chi connectivity index (χ3v) is 6.51. The number of benzene rings is 1. The van der Waals surface area contributed by atoms with E-state index in [2.05, 4.69) is 36.0 Å². The molecule has 0 radical (unpaired) electrons. The normalized spacial score (nSPS) is 24.5. The van der Waals surface area contributed by atoms with Crippen molar-refractivity contribution in [2.24, 2.45) is 5.92 Å². The summed E-state index contributed by atoms with van der Waals surface area (Å²) >= 11 is 0. The fraction of sp³-hybridized carbons (Fsp3) is 0.696. The zero-order valence-corrected chi connectivity index (χ0v) is 18.4. The van der Waals surface area contributed by atoms with Crippen molar-refractivity contribution in [3.8, 4) is 11.5 Å². The predicted octanol–water partition coefficient (Wildman–Crippen LogP) is 3.37. The molecule has 6 nitrogen and oxygen atoms in total. The molecular formula is C23H36N2O4. The molecule has 0 aromatic heterocycles. The highest BCUT2D eigenvalue weighted by Gasteiger charge is 2.46. The van der Waals surface area contributed by atoms with Crippen molar-refractivity contribution >= 4 is 5.97 Å². The van der Waals surface area contributed by atoms with Crippen molar-refractivity contribution in [3.63, 3.8) is 0 Å². The van der Waals surface area contributed by atoms with Crippen LogP contribution in [0.3, 0.4) is 0 Å². The topological polar surface area (TPSA) is 62.2 Å². The van der Waals surface area contributed by atoms with Crippen LogP contribution < -0.4 is 9.47 Å². The lowest BCUT2D eigenvalue weighted by Gasteiger charge is -2.52. The van der Waals surface area contributed by atoms with Crippen LogP contribution >= 0.6 is 0 Å². The van der Waals surface area contributed by atoms with E-state index in [1.165, 1.54) is 11.1 Å². The Morgan fingerprint density at radius 2 is 1.79 bits per heavy atom. The number of hydrogen-bond acceptors (Lipinski definition) is 5. The quantitative estimate of drug-likeness (QED) is 0.717. The van der Waals surface area contributed by atoms with Crippen LogP contribution in [0.2, 0.25) is 0 Å². The van der Waals surface area contributed by atoms with E-state index < -0.39 is 5.97 Å². The van der Waals surface area contributed by atoms with Crippen molar-refractivity contribution in [2.45, 2.75) is 51.5 Å². The fourth-order valence-electron chi connectivity index (χ4n) is 4.99. The molecule has 6 heteroatoms. The van der Waals surface area contributed by atoms with E-state index in [4.69, 9.17) is 9.47 Å². The Hall–Kier alpha value is -1.79. The number of hydrogen-bond donors (Lipinski definition) is 1. The van der Waals surface area contributed by atoms with Crippen molar-refractivity contribution < 1.29 is 19.4 Å². The first-order valence-corrected chi connectivity index (χ1v) is 11.0. The maximum Gasteiger partial charge on any atom is 0.306 e. The molecule has 1 spiro atoms. The first-order chi connectivity index (χ1) is 13.9. The SMILES string of the molecule is CCOc1cc2c(cc1OCC)[C@]1(CC[C@@H](C(=O)O)CC1)N(CCN(C)C)CC2. The minimum absolute atomic E-state index is 0.105. The van der Waals surface area contributed by atoms with Gasteiger partial charge in [0.1, 0.15) is 0 Å². The third-order valence-electron chi connectivity index (χ3n) is 6.51. The zero-order chi connectivity index (χ0) is 21.0. The Labute approximate surface area is 174 Å². The van der Waals surface area contributed by atoms with Gasteiger partial charge in [-0.2, -0.15) is 0 Å². The summed E-state index contributed by atoms with van der Waals surface area (Å²) in [6.45, 7) is 8.17.